The Morgan fingerprint density at radius 1 is 1.05 bits per heavy atom. The monoisotopic (exact) mass is 296 g/mol. The highest BCUT2D eigenvalue weighted by Crippen LogP contribution is 2.60. The van der Waals surface area contributed by atoms with Gasteiger partial charge in [-0.3, -0.25) is 4.79 Å². The summed E-state index contributed by atoms with van der Waals surface area (Å²) in [6.45, 7) is 2.12. The van der Waals surface area contributed by atoms with E-state index < -0.39 is 0 Å². The zero-order chi connectivity index (χ0) is 15.2. The minimum absolute atomic E-state index is 0.107. The molecule has 4 aliphatic carbocycles. The van der Waals surface area contributed by atoms with E-state index in [0.717, 1.165) is 23.5 Å². The Morgan fingerprint density at radius 3 is 2.14 bits per heavy atom. The molecular formula is C19H24N2O. The van der Waals surface area contributed by atoms with Gasteiger partial charge in [0, 0.05) is 16.7 Å². The van der Waals surface area contributed by atoms with E-state index in [0.29, 0.717) is 5.56 Å². The summed E-state index contributed by atoms with van der Waals surface area (Å²) < 4.78 is 0. The average Bonchev–Trinajstić information content (AvgIpc) is 2.51. The third-order valence-electron chi connectivity index (χ3n) is 6.17. The maximum absolute atomic E-state index is 12.2. The molecule has 0 aliphatic heterocycles. The van der Waals surface area contributed by atoms with Gasteiger partial charge in [0.2, 0.25) is 0 Å². The number of amides is 1. The fraction of sp³-hybridized carbons (Fsp3) is 0.579. The summed E-state index contributed by atoms with van der Waals surface area (Å²) in [6.07, 6.45) is 8.16. The van der Waals surface area contributed by atoms with Gasteiger partial charge in [-0.1, -0.05) is 18.2 Å². The number of carbonyl (C=O) groups excluding carboxylic acids is 1. The van der Waals surface area contributed by atoms with Gasteiger partial charge in [-0.05, 0) is 75.3 Å². The van der Waals surface area contributed by atoms with Crippen LogP contribution in [0.3, 0.4) is 0 Å². The van der Waals surface area contributed by atoms with Gasteiger partial charge in [-0.2, -0.15) is 5.10 Å². The van der Waals surface area contributed by atoms with E-state index in [4.69, 9.17) is 0 Å². The molecule has 116 valence electrons. The fourth-order valence-electron chi connectivity index (χ4n) is 5.46. The van der Waals surface area contributed by atoms with Gasteiger partial charge < -0.3 is 0 Å². The van der Waals surface area contributed by atoms with Crippen LogP contribution in [0.1, 0.15) is 55.8 Å². The van der Waals surface area contributed by atoms with E-state index in [2.05, 4.69) is 17.5 Å². The molecule has 0 aromatic heterocycles. The number of nitrogens with one attached hydrogen (secondary N) is 1. The molecule has 1 aromatic carbocycles. The Bertz CT molecular complexity index is 570. The van der Waals surface area contributed by atoms with Crippen LogP contribution >= 0.6 is 0 Å². The molecule has 0 radical (unpaired) electrons. The van der Waals surface area contributed by atoms with E-state index >= 15 is 0 Å². The molecule has 4 bridgehead atoms. The average molecular weight is 296 g/mol. The molecule has 4 fully saturated rings. The lowest BCUT2D eigenvalue weighted by Gasteiger charge is -2.56. The number of benzene rings is 1. The normalized spacial score (nSPS) is 36.4. The SMILES string of the molecule is CC(=NNC(=O)c1ccccc1)C12CC3CC(CC(C3)C1)C2. The van der Waals surface area contributed by atoms with E-state index in [-0.39, 0.29) is 11.3 Å². The molecule has 5 rings (SSSR count). The van der Waals surface area contributed by atoms with E-state index in [1.165, 1.54) is 38.5 Å². The molecule has 4 saturated carbocycles. The highest BCUT2D eigenvalue weighted by atomic mass is 16.2. The van der Waals surface area contributed by atoms with Crippen LogP contribution in [0.15, 0.2) is 35.4 Å². The number of nitrogens with zero attached hydrogens (tertiary/aromatic N) is 1. The Labute approximate surface area is 132 Å². The highest BCUT2D eigenvalue weighted by molar-refractivity contribution is 5.96. The highest BCUT2D eigenvalue weighted by Gasteiger charge is 2.52. The first kappa shape index (κ1) is 14.0. The maximum Gasteiger partial charge on any atom is 0.271 e. The second-order valence-corrected chi connectivity index (χ2v) is 7.70. The molecule has 3 heteroatoms. The minimum atomic E-state index is -0.107. The predicted octanol–water partition coefficient (Wildman–Crippen LogP) is 4.01. The molecule has 0 atom stereocenters. The van der Waals surface area contributed by atoms with Crippen LogP contribution in [-0.2, 0) is 0 Å². The van der Waals surface area contributed by atoms with Crippen LogP contribution in [0.2, 0.25) is 0 Å². The summed E-state index contributed by atoms with van der Waals surface area (Å²) in [5.74, 6) is 2.60. The standard InChI is InChI=1S/C19H24N2O/c1-13(20-21-18(22)17-5-3-2-4-6-17)19-10-14-7-15(11-19)9-16(8-14)12-19/h2-6,14-16H,7-12H2,1H3,(H,21,22). The molecule has 4 aliphatic rings. The van der Waals surface area contributed by atoms with Crippen molar-refractivity contribution in [2.45, 2.75) is 45.4 Å². The zero-order valence-electron chi connectivity index (χ0n) is 13.2. The lowest BCUT2D eigenvalue weighted by atomic mass is 9.48. The molecule has 0 heterocycles. The van der Waals surface area contributed by atoms with Crippen molar-refractivity contribution < 1.29 is 4.79 Å². The van der Waals surface area contributed by atoms with Crippen LogP contribution in [0, 0.1) is 23.2 Å². The molecule has 22 heavy (non-hydrogen) atoms. The van der Waals surface area contributed by atoms with Gasteiger partial charge in [0.1, 0.15) is 0 Å². The molecule has 0 spiro atoms. The lowest BCUT2D eigenvalue weighted by Crippen LogP contribution is -2.49. The van der Waals surface area contributed by atoms with Crippen LogP contribution in [0.5, 0.6) is 0 Å². The summed E-state index contributed by atoms with van der Waals surface area (Å²) in [5, 5.41) is 4.51. The van der Waals surface area contributed by atoms with Gasteiger partial charge >= 0.3 is 0 Å². The molecule has 3 nitrogen and oxygen atoms in total. The van der Waals surface area contributed by atoms with Crippen molar-refractivity contribution in [2.24, 2.45) is 28.3 Å². The van der Waals surface area contributed by atoms with E-state index in [1.807, 2.05) is 30.3 Å². The van der Waals surface area contributed by atoms with Gasteiger partial charge in [-0.15, -0.1) is 0 Å². The van der Waals surface area contributed by atoms with Crippen LogP contribution in [-0.4, -0.2) is 11.6 Å². The van der Waals surface area contributed by atoms with Crippen molar-refractivity contribution in [3.8, 4) is 0 Å². The van der Waals surface area contributed by atoms with Gasteiger partial charge in [-0.25, -0.2) is 5.43 Å². The lowest BCUT2D eigenvalue weighted by molar-refractivity contribution is -0.0128. The number of hydrogen-bond donors (Lipinski definition) is 1. The third-order valence-corrected chi connectivity index (χ3v) is 6.17. The second kappa shape index (κ2) is 5.22. The topological polar surface area (TPSA) is 41.5 Å². The summed E-state index contributed by atoms with van der Waals surface area (Å²) in [5.41, 5.74) is 4.87. The van der Waals surface area contributed by atoms with Crippen molar-refractivity contribution >= 4 is 11.6 Å². The molecule has 0 saturated heterocycles. The quantitative estimate of drug-likeness (QED) is 0.664. The third kappa shape index (κ3) is 2.37. The molecule has 1 N–H and O–H groups in total. The first-order valence-electron chi connectivity index (χ1n) is 8.55. The van der Waals surface area contributed by atoms with Crippen molar-refractivity contribution in [2.75, 3.05) is 0 Å². The summed E-state index contributed by atoms with van der Waals surface area (Å²) in [6, 6.07) is 9.33. The first-order chi connectivity index (χ1) is 10.6. The van der Waals surface area contributed by atoms with Gasteiger partial charge in [0.05, 0.1) is 0 Å². The fourth-order valence-corrected chi connectivity index (χ4v) is 5.46. The molecule has 1 amide bonds. The smallest absolute Gasteiger partial charge is 0.267 e. The Morgan fingerprint density at radius 2 is 1.59 bits per heavy atom. The largest absolute Gasteiger partial charge is 0.271 e. The van der Waals surface area contributed by atoms with Gasteiger partial charge in [0.25, 0.3) is 5.91 Å². The van der Waals surface area contributed by atoms with Crippen molar-refractivity contribution in [3.63, 3.8) is 0 Å². The maximum atomic E-state index is 12.2. The Hall–Kier alpha value is -1.64. The first-order valence-corrected chi connectivity index (χ1v) is 8.55. The predicted molar refractivity (Wildman–Crippen MR) is 87.6 cm³/mol. The molecule has 1 aromatic rings. The summed E-state index contributed by atoms with van der Waals surface area (Å²) >= 11 is 0. The van der Waals surface area contributed by atoms with Crippen LogP contribution in [0.25, 0.3) is 0 Å². The van der Waals surface area contributed by atoms with Crippen molar-refractivity contribution in [1.82, 2.24) is 5.43 Å². The molecule has 0 unspecified atom stereocenters. The van der Waals surface area contributed by atoms with Crippen molar-refractivity contribution in [1.29, 1.82) is 0 Å². The van der Waals surface area contributed by atoms with Crippen LogP contribution in [0.4, 0.5) is 0 Å². The Kier molecular flexibility index (Phi) is 3.32. The van der Waals surface area contributed by atoms with Crippen molar-refractivity contribution in [3.05, 3.63) is 35.9 Å². The number of hydrazone groups is 1. The number of carbonyl (C=O) groups is 1. The summed E-state index contributed by atoms with van der Waals surface area (Å²) in [4.78, 5) is 12.2. The Balaban J connectivity index is 1.49. The minimum Gasteiger partial charge on any atom is -0.267 e. The zero-order valence-corrected chi connectivity index (χ0v) is 13.2. The van der Waals surface area contributed by atoms with E-state index in [1.54, 1.807) is 0 Å². The second-order valence-electron chi connectivity index (χ2n) is 7.70. The van der Waals surface area contributed by atoms with Gasteiger partial charge in [0.15, 0.2) is 0 Å². The summed E-state index contributed by atoms with van der Waals surface area (Å²) in [7, 11) is 0. The van der Waals surface area contributed by atoms with Crippen LogP contribution < -0.4 is 5.43 Å². The van der Waals surface area contributed by atoms with E-state index in [9.17, 15) is 4.79 Å². The molecular weight excluding hydrogens is 272 g/mol. The number of hydrogen-bond acceptors (Lipinski definition) is 2. The number of rotatable bonds is 3.